The highest BCUT2D eigenvalue weighted by Gasteiger charge is 2.25. The molecule has 0 bridgehead atoms. The van der Waals surface area contributed by atoms with Gasteiger partial charge in [0.25, 0.3) is 5.91 Å². The van der Waals surface area contributed by atoms with E-state index in [1.807, 2.05) is 12.1 Å². The summed E-state index contributed by atoms with van der Waals surface area (Å²) in [5.41, 5.74) is 3.37. The van der Waals surface area contributed by atoms with Gasteiger partial charge in [0.1, 0.15) is 0 Å². The number of hydrogen-bond donors (Lipinski definition) is 2. The number of fused-ring (bicyclic) bond motifs is 1. The van der Waals surface area contributed by atoms with E-state index in [0.29, 0.717) is 6.04 Å². The van der Waals surface area contributed by atoms with E-state index in [4.69, 9.17) is 5.84 Å². The molecule has 0 radical (unpaired) electrons. The number of hydrazine groups is 1. The molecule has 0 unspecified atom stereocenters. The minimum Gasteiger partial charge on any atom is -0.299 e. The lowest BCUT2D eigenvalue weighted by Crippen LogP contribution is -2.37. The zero-order valence-corrected chi connectivity index (χ0v) is 12.4. The largest absolute Gasteiger partial charge is 0.299 e. The highest BCUT2D eigenvalue weighted by atomic mass is 32.1. The molecule has 3 N–H and O–H groups in total. The molecule has 0 aliphatic heterocycles. The van der Waals surface area contributed by atoms with Gasteiger partial charge in [0.2, 0.25) is 0 Å². The number of carbonyl (C=O) groups is 1. The maximum absolute atomic E-state index is 12.0. The van der Waals surface area contributed by atoms with Crippen molar-refractivity contribution in [2.24, 2.45) is 5.84 Å². The van der Waals surface area contributed by atoms with Crippen LogP contribution in [0.2, 0.25) is 0 Å². The Balaban J connectivity index is 1.99. The zero-order chi connectivity index (χ0) is 14.1. The van der Waals surface area contributed by atoms with Crippen LogP contribution < -0.4 is 11.3 Å². The minimum absolute atomic E-state index is 0.191. The Morgan fingerprint density at radius 1 is 1.45 bits per heavy atom. The van der Waals surface area contributed by atoms with E-state index in [0.717, 1.165) is 21.7 Å². The molecule has 4 nitrogen and oxygen atoms in total. The highest BCUT2D eigenvalue weighted by molar-refractivity contribution is 7.21. The lowest BCUT2D eigenvalue weighted by molar-refractivity contribution is 0.0954. The fraction of sp³-hybridized carbons (Fsp3) is 0.400. The standard InChI is InChI=1S/C15H19N3OS/c1-18(10-5-4-6-10)9-12-11-7-2-3-8-13(11)20-14(12)15(19)17-16/h2-3,7-8,10H,4-6,9,16H2,1H3,(H,17,19). The number of thiophene rings is 1. The Labute approximate surface area is 122 Å². The van der Waals surface area contributed by atoms with Crippen LogP contribution in [0.4, 0.5) is 0 Å². The molecular formula is C15H19N3OS. The Hall–Kier alpha value is -1.43. The van der Waals surface area contributed by atoms with E-state index in [2.05, 4.69) is 29.5 Å². The van der Waals surface area contributed by atoms with Crippen LogP contribution in [-0.2, 0) is 6.54 Å². The lowest BCUT2D eigenvalue weighted by Gasteiger charge is -2.34. The van der Waals surface area contributed by atoms with Crippen molar-refractivity contribution in [3.63, 3.8) is 0 Å². The second-order valence-corrected chi connectivity index (χ2v) is 6.43. The number of benzene rings is 1. The van der Waals surface area contributed by atoms with E-state index in [1.165, 1.54) is 36.0 Å². The molecule has 1 saturated carbocycles. The molecule has 1 heterocycles. The highest BCUT2D eigenvalue weighted by Crippen LogP contribution is 2.33. The van der Waals surface area contributed by atoms with E-state index in [9.17, 15) is 4.79 Å². The molecule has 1 aromatic carbocycles. The predicted octanol–water partition coefficient (Wildman–Crippen LogP) is 2.49. The smallest absolute Gasteiger partial charge is 0.275 e. The van der Waals surface area contributed by atoms with Crippen LogP contribution in [0.3, 0.4) is 0 Å². The number of hydrogen-bond acceptors (Lipinski definition) is 4. The zero-order valence-electron chi connectivity index (χ0n) is 11.6. The fourth-order valence-corrected chi connectivity index (χ4v) is 3.83. The number of carbonyl (C=O) groups excluding carboxylic acids is 1. The number of nitrogens with zero attached hydrogens (tertiary/aromatic N) is 1. The molecule has 20 heavy (non-hydrogen) atoms. The van der Waals surface area contributed by atoms with Crippen molar-refractivity contribution < 1.29 is 4.79 Å². The molecule has 1 fully saturated rings. The first-order chi connectivity index (χ1) is 9.70. The molecule has 1 aromatic heterocycles. The van der Waals surface area contributed by atoms with Gasteiger partial charge in [-0.3, -0.25) is 15.1 Å². The topological polar surface area (TPSA) is 58.4 Å². The summed E-state index contributed by atoms with van der Waals surface area (Å²) < 4.78 is 1.14. The predicted molar refractivity (Wildman–Crippen MR) is 82.6 cm³/mol. The van der Waals surface area contributed by atoms with Gasteiger partial charge in [0.15, 0.2) is 0 Å². The van der Waals surface area contributed by atoms with E-state index in [1.54, 1.807) is 0 Å². The molecule has 106 valence electrons. The van der Waals surface area contributed by atoms with Crippen LogP contribution >= 0.6 is 11.3 Å². The minimum atomic E-state index is -0.191. The third-order valence-electron chi connectivity index (χ3n) is 4.14. The molecule has 2 aromatic rings. The van der Waals surface area contributed by atoms with Gasteiger partial charge in [-0.2, -0.15) is 0 Å². The Kier molecular flexibility index (Phi) is 3.74. The summed E-state index contributed by atoms with van der Waals surface area (Å²) in [5, 5.41) is 1.17. The number of rotatable bonds is 4. The SMILES string of the molecule is CN(Cc1c(C(=O)NN)sc2ccccc12)C1CCC1. The summed E-state index contributed by atoms with van der Waals surface area (Å²) in [7, 11) is 2.14. The van der Waals surface area contributed by atoms with Crippen molar-refractivity contribution in [3.05, 3.63) is 34.7 Å². The molecule has 1 aliphatic rings. The van der Waals surface area contributed by atoms with Crippen molar-refractivity contribution in [1.82, 2.24) is 10.3 Å². The van der Waals surface area contributed by atoms with Crippen LogP contribution in [0, 0.1) is 0 Å². The van der Waals surface area contributed by atoms with Crippen LogP contribution in [-0.4, -0.2) is 23.9 Å². The molecule has 5 heteroatoms. The molecule has 0 saturated heterocycles. The summed E-state index contributed by atoms with van der Waals surface area (Å²) in [6, 6.07) is 8.82. The first-order valence-electron chi connectivity index (χ1n) is 6.92. The van der Waals surface area contributed by atoms with Gasteiger partial charge >= 0.3 is 0 Å². The van der Waals surface area contributed by atoms with Gasteiger partial charge in [0.05, 0.1) is 4.88 Å². The van der Waals surface area contributed by atoms with E-state index in [-0.39, 0.29) is 5.91 Å². The second-order valence-electron chi connectivity index (χ2n) is 5.38. The summed E-state index contributed by atoms with van der Waals surface area (Å²) in [6.45, 7) is 0.803. The molecule has 1 aliphatic carbocycles. The van der Waals surface area contributed by atoms with Gasteiger partial charge in [-0.1, -0.05) is 24.6 Å². The van der Waals surface area contributed by atoms with Crippen LogP contribution in [0.5, 0.6) is 0 Å². The normalized spacial score (nSPS) is 15.6. The fourth-order valence-electron chi connectivity index (χ4n) is 2.71. The average Bonchev–Trinajstić information content (AvgIpc) is 2.75. The number of nitrogen functional groups attached to an aromatic ring is 1. The summed E-state index contributed by atoms with van der Waals surface area (Å²) in [4.78, 5) is 15.1. The molecule has 1 amide bonds. The van der Waals surface area contributed by atoms with Gasteiger partial charge < -0.3 is 0 Å². The monoisotopic (exact) mass is 289 g/mol. The Morgan fingerprint density at radius 2 is 2.20 bits per heavy atom. The summed E-state index contributed by atoms with van der Waals surface area (Å²) in [5.74, 6) is 5.12. The van der Waals surface area contributed by atoms with Crippen LogP contribution in [0.1, 0.15) is 34.5 Å². The lowest BCUT2D eigenvalue weighted by atomic mass is 9.91. The number of nitrogens with two attached hydrogens (primary N) is 1. The quantitative estimate of drug-likeness (QED) is 0.516. The van der Waals surface area contributed by atoms with Crippen LogP contribution in [0.25, 0.3) is 10.1 Å². The van der Waals surface area contributed by atoms with E-state index < -0.39 is 0 Å². The number of nitrogens with one attached hydrogen (secondary N) is 1. The molecule has 0 spiro atoms. The second kappa shape index (κ2) is 5.52. The van der Waals surface area contributed by atoms with E-state index >= 15 is 0 Å². The third-order valence-corrected chi connectivity index (χ3v) is 5.35. The van der Waals surface area contributed by atoms with Crippen molar-refractivity contribution in [3.8, 4) is 0 Å². The van der Waals surface area contributed by atoms with Crippen molar-refractivity contribution in [1.29, 1.82) is 0 Å². The molecule has 3 rings (SSSR count). The average molecular weight is 289 g/mol. The van der Waals surface area contributed by atoms with Gasteiger partial charge in [-0.05, 0) is 36.9 Å². The first kappa shape index (κ1) is 13.5. The Bertz CT molecular complexity index is 633. The van der Waals surface area contributed by atoms with Gasteiger partial charge in [-0.25, -0.2) is 5.84 Å². The van der Waals surface area contributed by atoms with Crippen molar-refractivity contribution >= 4 is 27.3 Å². The summed E-state index contributed by atoms with van der Waals surface area (Å²) in [6.07, 6.45) is 3.84. The molecule has 0 atom stereocenters. The summed E-state index contributed by atoms with van der Waals surface area (Å²) >= 11 is 1.52. The maximum Gasteiger partial charge on any atom is 0.275 e. The third kappa shape index (κ3) is 2.32. The van der Waals surface area contributed by atoms with Crippen molar-refractivity contribution in [2.75, 3.05) is 7.05 Å². The molecular weight excluding hydrogens is 270 g/mol. The first-order valence-corrected chi connectivity index (χ1v) is 7.74. The van der Waals surface area contributed by atoms with Crippen LogP contribution in [0.15, 0.2) is 24.3 Å². The van der Waals surface area contributed by atoms with Gasteiger partial charge in [-0.15, -0.1) is 11.3 Å². The Morgan fingerprint density at radius 3 is 2.85 bits per heavy atom. The maximum atomic E-state index is 12.0. The van der Waals surface area contributed by atoms with Gasteiger partial charge in [0, 0.05) is 17.3 Å². The van der Waals surface area contributed by atoms with Crippen molar-refractivity contribution in [2.45, 2.75) is 31.8 Å². The number of amides is 1.